The van der Waals surface area contributed by atoms with E-state index >= 15 is 0 Å². The Morgan fingerprint density at radius 2 is 1.83 bits per heavy atom. The second-order valence-electron chi connectivity index (χ2n) is 6.57. The van der Waals surface area contributed by atoms with Crippen LogP contribution in [-0.4, -0.2) is 42.9 Å². The van der Waals surface area contributed by atoms with Crippen molar-refractivity contribution in [2.75, 3.05) is 32.8 Å². The van der Waals surface area contributed by atoms with Gasteiger partial charge in [-0.1, -0.05) is 36.4 Å². The molecule has 0 amide bonds. The summed E-state index contributed by atoms with van der Waals surface area (Å²) in [4.78, 5) is 2.35. The summed E-state index contributed by atoms with van der Waals surface area (Å²) in [5, 5.41) is 10.6. The average Bonchev–Trinajstić information content (AvgIpc) is 3.10. The monoisotopic (exact) mass is 325 g/mol. The minimum absolute atomic E-state index is 0.504. The molecular weight excluding hydrogens is 302 g/mol. The van der Waals surface area contributed by atoms with Crippen LogP contribution >= 0.6 is 0 Å². The first-order valence-corrected chi connectivity index (χ1v) is 8.64. The second-order valence-corrected chi connectivity index (χ2v) is 6.57. The number of rotatable bonds is 4. The predicted octanol–water partition coefficient (Wildman–Crippen LogP) is 2.98. The molecule has 2 atom stereocenters. The zero-order chi connectivity index (χ0) is 16.4. The van der Waals surface area contributed by atoms with Crippen molar-refractivity contribution in [3.63, 3.8) is 0 Å². The molecule has 2 aromatic rings. The van der Waals surface area contributed by atoms with E-state index in [1.165, 1.54) is 5.56 Å². The maximum absolute atomic E-state index is 10.6. The number of fused-ring (bicyclic) bond motifs is 1. The lowest BCUT2D eigenvalue weighted by atomic mass is 9.99. The quantitative estimate of drug-likeness (QED) is 0.938. The first-order chi connectivity index (χ1) is 11.8. The SMILES string of the molecule is O[C@H](CN1CC[C@H](c2ccccc2)C1)c1ccc2c(c1)OCCO2. The molecule has 2 aliphatic heterocycles. The minimum Gasteiger partial charge on any atom is -0.486 e. The summed E-state index contributed by atoms with van der Waals surface area (Å²) in [6, 6.07) is 16.4. The molecular formula is C20H23NO3. The van der Waals surface area contributed by atoms with Crippen LogP contribution in [0.15, 0.2) is 48.5 Å². The number of aliphatic hydroxyl groups is 1. The molecule has 2 aliphatic rings. The van der Waals surface area contributed by atoms with Crippen LogP contribution in [0.5, 0.6) is 11.5 Å². The summed E-state index contributed by atoms with van der Waals surface area (Å²) >= 11 is 0. The molecule has 0 unspecified atom stereocenters. The summed E-state index contributed by atoms with van der Waals surface area (Å²) in [6.07, 6.45) is 0.646. The fraction of sp³-hybridized carbons (Fsp3) is 0.400. The van der Waals surface area contributed by atoms with E-state index in [9.17, 15) is 5.11 Å². The Labute approximate surface area is 142 Å². The number of aliphatic hydroxyl groups excluding tert-OH is 1. The lowest BCUT2D eigenvalue weighted by Gasteiger charge is -2.23. The van der Waals surface area contributed by atoms with Crippen molar-refractivity contribution < 1.29 is 14.6 Å². The zero-order valence-corrected chi connectivity index (χ0v) is 13.7. The van der Waals surface area contributed by atoms with Gasteiger partial charge in [-0.15, -0.1) is 0 Å². The van der Waals surface area contributed by atoms with E-state index in [0.29, 0.717) is 25.7 Å². The molecule has 0 saturated carbocycles. The van der Waals surface area contributed by atoms with Crippen LogP contribution in [0.4, 0.5) is 0 Å². The standard InChI is InChI=1S/C20H23NO3/c22-18(16-6-7-19-20(12-16)24-11-10-23-19)14-21-9-8-17(13-21)15-4-2-1-3-5-15/h1-7,12,17-18,22H,8-11,13-14H2/t17-,18+/m0/s1. The van der Waals surface area contributed by atoms with Crippen molar-refractivity contribution in [2.45, 2.75) is 18.4 Å². The molecule has 2 heterocycles. The highest BCUT2D eigenvalue weighted by Crippen LogP contribution is 2.34. The molecule has 0 aromatic heterocycles. The van der Waals surface area contributed by atoms with Crippen molar-refractivity contribution in [1.82, 2.24) is 4.90 Å². The van der Waals surface area contributed by atoms with Gasteiger partial charge in [-0.2, -0.15) is 0 Å². The van der Waals surface area contributed by atoms with Gasteiger partial charge in [-0.25, -0.2) is 0 Å². The Balaban J connectivity index is 1.39. The van der Waals surface area contributed by atoms with Gasteiger partial charge in [-0.05, 0) is 42.1 Å². The maximum atomic E-state index is 10.6. The van der Waals surface area contributed by atoms with E-state index in [-0.39, 0.29) is 0 Å². The molecule has 1 saturated heterocycles. The Hall–Kier alpha value is -2.04. The van der Waals surface area contributed by atoms with Gasteiger partial charge in [0.25, 0.3) is 0 Å². The largest absolute Gasteiger partial charge is 0.486 e. The van der Waals surface area contributed by atoms with E-state index in [1.54, 1.807) is 0 Å². The molecule has 4 rings (SSSR count). The van der Waals surface area contributed by atoms with E-state index < -0.39 is 6.10 Å². The number of hydrogen-bond acceptors (Lipinski definition) is 4. The van der Waals surface area contributed by atoms with Crippen molar-refractivity contribution in [3.05, 3.63) is 59.7 Å². The fourth-order valence-corrected chi connectivity index (χ4v) is 3.61. The number of β-amino-alcohol motifs (C(OH)–C–C–N with tert-alkyl or cyclic N) is 1. The summed E-state index contributed by atoms with van der Waals surface area (Å²) < 4.78 is 11.1. The molecule has 0 radical (unpaired) electrons. The van der Waals surface area contributed by atoms with Gasteiger partial charge in [0.1, 0.15) is 13.2 Å². The second kappa shape index (κ2) is 6.83. The normalized spacial score (nSPS) is 21.6. The van der Waals surface area contributed by atoms with Crippen molar-refractivity contribution in [3.8, 4) is 11.5 Å². The lowest BCUT2D eigenvalue weighted by Crippen LogP contribution is -2.26. The molecule has 4 heteroatoms. The van der Waals surface area contributed by atoms with E-state index in [1.807, 2.05) is 18.2 Å². The van der Waals surface area contributed by atoms with Crippen LogP contribution in [0.1, 0.15) is 29.6 Å². The first kappa shape index (κ1) is 15.5. The number of benzene rings is 2. The van der Waals surface area contributed by atoms with Crippen molar-refractivity contribution >= 4 is 0 Å². The molecule has 4 nitrogen and oxygen atoms in total. The van der Waals surface area contributed by atoms with Crippen LogP contribution in [-0.2, 0) is 0 Å². The molecule has 24 heavy (non-hydrogen) atoms. The first-order valence-electron chi connectivity index (χ1n) is 8.64. The van der Waals surface area contributed by atoms with E-state index in [4.69, 9.17) is 9.47 Å². The van der Waals surface area contributed by atoms with E-state index in [2.05, 4.69) is 35.2 Å². The van der Waals surface area contributed by atoms with Crippen molar-refractivity contribution in [2.24, 2.45) is 0 Å². The van der Waals surface area contributed by atoms with Crippen LogP contribution in [0, 0.1) is 0 Å². The predicted molar refractivity (Wildman–Crippen MR) is 92.6 cm³/mol. The summed E-state index contributed by atoms with van der Waals surface area (Å²) in [5.74, 6) is 2.07. The molecule has 126 valence electrons. The third kappa shape index (κ3) is 3.25. The third-order valence-electron chi connectivity index (χ3n) is 4.93. The van der Waals surface area contributed by atoms with Gasteiger partial charge >= 0.3 is 0 Å². The van der Waals surface area contributed by atoms with Gasteiger partial charge in [0, 0.05) is 13.1 Å². The Bertz CT molecular complexity index is 689. The van der Waals surface area contributed by atoms with E-state index in [0.717, 1.165) is 36.6 Å². The van der Waals surface area contributed by atoms with Crippen LogP contribution in [0.2, 0.25) is 0 Å². The van der Waals surface area contributed by atoms with Crippen molar-refractivity contribution in [1.29, 1.82) is 0 Å². The topological polar surface area (TPSA) is 41.9 Å². The summed E-state index contributed by atoms with van der Waals surface area (Å²) in [5.41, 5.74) is 2.29. The minimum atomic E-state index is -0.504. The Morgan fingerprint density at radius 1 is 1.04 bits per heavy atom. The molecule has 0 spiro atoms. The highest BCUT2D eigenvalue weighted by molar-refractivity contribution is 5.44. The number of likely N-dealkylation sites (tertiary alicyclic amines) is 1. The van der Waals surface area contributed by atoms with Crippen LogP contribution in [0.25, 0.3) is 0 Å². The highest BCUT2D eigenvalue weighted by atomic mass is 16.6. The average molecular weight is 325 g/mol. The molecule has 0 aliphatic carbocycles. The van der Waals surface area contributed by atoms with Gasteiger partial charge < -0.3 is 14.6 Å². The third-order valence-corrected chi connectivity index (χ3v) is 4.93. The number of nitrogens with zero attached hydrogens (tertiary/aromatic N) is 1. The molecule has 2 aromatic carbocycles. The van der Waals surface area contributed by atoms with Gasteiger partial charge in [0.2, 0.25) is 0 Å². The smallest absolute Gasteiger partial charge is 0.161 e. The van der Waals surface area contributed by atoms with Gasteiger partial charge in [-0.3, -0.25) is 4.90 Å². The number of ether oxygens (including phenoxy) is 2. The maximum Gasteiger partial charge on any atom is 0.161 e. The Kier molecular flexibility index (Phi) is 4.41. The van der Waals surface area contributed by atoms with Crippen LogP contribution in [0.3, 0.4) is 0 Å². The summed E-state index contributed by atoms with van der Waals surface area (Å²) in [7, 11) is 0. The lowest BCUT2D eigenvalue weighted by molar-refractivity contribution is 0.124. The van der Waals surface area contributed by atoms with Gasteiger partial charge in [0.05, 0.1) is 6.10 Å². The highest BCUT2D eigenvalue weighted by Gasteiger charge is 2.26. The molecule has 0 bridgehead atoms. The molecule has 1 fully saturated rings. The van der Waals surface area contributed by atoms with Gasteiger partial charge in [0.15, 0.2) is 11.5 Å². The van der Waals surface area contributed by atoms with Crippen LogP contribution < -0.4 is 9.47 Å². The molecule has 1 N–H and O–H groups in total. The zero-order valence-electron chi connectivity index (χ0n) is 13.7. The number of hydrogen-bond donors (Lipinski definition) is 1. The summed E-state index contributed by atoms with van der Waals surface area (Å²) in [6.45, 7) is 3.84. The fourth-order valence-electron chi connectivity index (χ4n) is 3.61. The Morgan fingerprint density at radius 3 is 2.67 bits per heavy atom.